The van der Waals surface area contributed by atoms with Crippen molar-refractivity contribution in [2.45, 2.75) is 37.8 Å². The highest BCUT2D eigenvalue weighted by Crippen LogP contribution is 2.31. The number of carbonyl (C=O) groups excluding carboxylic acids is 2. The molecule has 0 fully saturated rings. The summed E-state index contributed by atoms with van der Waals surface area (Å²) >= 11 is 12.9. The smallest absolute Gasteiger partial charge is 0.342 e. The average molecular weight is 546 g/mol. The zero-order valence-electron chi connectivity index (χ0n) is 18.5. The van der Waals surface area contributed by atoms with Crippen LogP contribution in [-0.4, -0.2) is 32.3 Å². The van der Waals surface area contributed by atoms with Gasteiger partial charge in [0, 0.05) is 17.8 Å². The Bertz CT molecular complexity index is 1240. The molecule has 0 spiro atoms. The van der Waals surface area contributed by atoms with Crippen molar-refractivity contribution in [2.24, 2.45) is 0 Å². The number of thioether (sulfide) groups is 1. The Labute approximate surface area is 213 Å². The number of hydrogen-bond acceptors (Lipinski definition) is 5. The maximum atomic E-state index is 12.9. The van der Waals surface area contributed by atoms with E-state index in [1.165, 1.54) is 24.3 Å². The van der Waals surface area contributed by atoms with E-state index in [0.29, 0.717) is 28.1 Å². The number of carbonyl (C=O) groups is 2. The van der Waals surface area contributed by atoms with Crippen LogP contribution in [0.15, 0.2) is 47.6 Å². The second-order valence-electron chi connectivity index (χ2n) is 7.32. The molecule has 7 nitrogen and oxygen atoms in total. The number of alkyl halides is 3. The number of nitrogens with one attached hydrogen (secondary N) is 2. The molecule has 3 aromatic rings. The highest BCUT2D eigenvalue weighted by molar-refractivity contribution is 7.99. The zero-order valence-corrected chi connectivity index (χ0v) is 20.8. The van der Waals surface area contributed by atoms with Crippen molar-refractivity contribution in [3.05, 3.63) is 69.5 Å². The number of nitrogens with zero attached hydrogens (tertiary/aromatic N) is 3. The van der Waals surface area contributed by atoms with Gasteiger partial charge in [-0.25, -0.2) is 0 Å². The van der Waals surface area contributed by atoms with E-state index in [9.17, 15) is 22.8 Å². The maximum Gasteiger partial charge on any atom is 0.416 e. The van der Waals surface area contributed by atoms with Gasteiger partial charge in [-0.1, -0.05) is 41.0 Å². The zero-order chi connectivity index (χ0) is 25.8. The fourth-order valence-electron chi connectivity index (χ4n) is 3.11. The summed E-state index contributed by atoms with van der Waals surface area (Å²) in [7, 11) is 0. The molecule has 1 aromatic heterocycles. The normalized spacial score (nSPS) is 12.3. The van der Waals surface area contributed by atoms with E-state index < -0.39 is 23.7 Å². The van der Waals surface area contributed by atoms with Crippen LogP contribution in [0.2, 0.25) is 10.0 Å². The van der Waals surface area contributed by atoms with Crippen LogP contribution in [0.5, 0.6) is 0 Å². The molecule has 3 rings (SSSR count). The van der Waals surface area contributed by atoms with Gasteiger partial charge in [-0.05, 0) is 50.2 Å². The number of rotatable bonds is 8. The predicted molar refractivity (Wildman–Crippen MR) is 129 cm³/mol. The van der Waals surface area contributed by atoms with Crippen molar-refractivity contribution in [3.8, 4) is 0 Å². The molecule has 0 radical (unpaired) electrons. The second kappa shape index (κ2) is 11.3. The Morgan fingerprint density at radius 1 is 1.11 bits per heavy atom. The van der Waals surface area contributed by atoms with Gasteiger partial charge in [0.25, 0.3) is 5.91 Å². The van der Waals surface area contributed by atoms with Crippen LogP contribution < -0.4 is 10.6 Å². The molecule has 0 unspecified atom stereocenters. The van der Waals surface area contributed by atoms with E-state index in [-0.39, 0.29) is 22.4 Å². The summed E-state index contributed by atoms with van der Waals surface area (Å²) in [6.45, 7) is 4.06. The van der Waals surface area contributed by atoms with Crippen LogP contribution in [0, 0.1) is 0 Å². The third-order valence-corrected chi connectivity index (χ3v) is 6.49. The minimum absolute atomic E-state index is 0.0432. The number of anilines is 1. The predicted octanol–water partition coefficient (Wildman–Crippen LogP) is 5.85. The third-order valence-electron chi connectivity index (χ3n) is 4.78. The van der Waals surface area contributed by atoms with Gasteiger partial charge in [-0.2, -0.15) is 13.2 Å². The Morgan fingerprint density at radius 2 is 1.86 bits per heavy atom. The Morgan fingerprint density at radius 3 is 2.51 bits per heavy atom. The first-order valence-corrected chi connectivity index (χ1v) is 12.0. The van der Waals surface area contributed by atoms with Crippen LogP contribution in [0.4, 0.5) is 18.9 Å². The molecule has 0 aliphatic rings. The van der Waals surface area contributed by atoms with Gasteiger partial charge < -0.3 is 15.2 Å². The molecule has 1 heterocycles. The topological polar surface area (TPSA) is 88.9 Å². The summed E-state index contributed by atoms with van der Waals surface area (Å²) in [5.74, 6) is -0.501. The standard InChI is InChI=1S/C22H20Cl2F3N5O2S/c1-3-32-19(12(2)28-20(34)13-7-8-16(23)17(24)9-13)30-31-21(32)35-11-18(33)29-15-6-4-5-14(10-15)22(25,26)27/h4-10,12H,3,11H2,1-2H3,(H,28,34)(H,29,33)/t12-/m1/s1. The van der Waals surface area contributed by atoms with Gasteiger partial charge >= 0.3 is 6.18 Å². The average Bonchev–Trinajstić information content (AvgIpc) is 3.22. The first kappa shape index (κ1) is 26.8. The van der Waals surface area contributed by atoms with Crippen molar-refractivity contribution >= 4 is 52.5 Å². The van der Waals surface area contributed by atoms with E-state index in [2.05, 4.69) is 20.8 Å². The molecular formula is C22H20Cl2F3N5O2S. The molecule has 0 saturated heterocycles. The van der Waals surface area contributed by atoms with Crippen LogP contribution in [-0.2, 0) is 17.5 Å². The Hall–Kier alpha value is -2.76. The summed E-state index contributed by atoms with van der Waals surface area (Å²) in [6.07, 6.45) is -4.50. The Balaban J connectivity index is 1.63. The van der Waals surface area contributed by atoms with E-state index in [1.54, 1.807) is 17.6 Å². The van der Waals surface area contributed by atoms with Gasteiger partial charge in [0.15, 0.2) is 11.0 Å². The Kier molecular flexibility index (Phi) is 8.68. The van der Waals surface area contributed by atoms with E-state index in [0.717, 1.165) is 23.9 Å². The van der Waals surface area contributed by atoms with E-state index in [1.807, 2.05) is 6.92 Å². The lowest BCUT2D eigenvalue weighted by Gasteiger charge is -2.15. The van der Waals surface area contributed by atoms with Crippen molar-refractivity contribution in [2.75, 3.05) is 11.1 Å². The lowest BCUT2D eigenvalue weighted by atomic mass is 10.2. The number of amides is 2. The molecular weight excluding hydrogens is 526 g/mol. The number of benzene rings is 2. The van der Waals surface area contributed by atoms with Crippen LogP contribution >= 0.6 is 35.0 Å². The molecule has 13 heteroatoms. The lowest BCUT2D eigenvalue weighted by Crippen LogP contribution is -2.28. The number of hydrogen-bond donors (Lipinski definition) is 2. The molecule has 2 aromatic carbocycles. The first-order valence-electron chi connectivity index (χ1n) is 10.3. The van der Waals surface area contributed by atoms with Crippen LogP contribution in [0.25, 0.3) is 0 Å². The molecule has 0 bridgehead atoms. The van der Waals surface area contributed by atoms with Gasteiger partial charge in [-0.15, -0.1) is 10.2 Å². The third kappa shape index (κ3) is 6.89. The molecule has 186 valence electrons. The lowest BCUT2D eigenvalue weighted by molar-refractivity contribution is -0.137. The summed E-state index contributed by atoms with van der Waals surface area (Å²) in [5.41, 5.74) is -0.480. The molecule has 0 aliphatic carbocycles. The molecule has 35 heavy (non-hydrogen) atoms. The highest BCUT2D eigenvalue weighted by Gasteiger charge is 2.30. The largest absolute Gasteiger partial charge is 0.416 e. The molecule has 2 amide bonds. The molecule has 1 atom stereocenters. The summed E-state index contributed by atoms with van der Waals surface area (Å²) < 4.78 is 40.3. The summed E-state index contributed by atoms with van der Waals surface area (Å²) in [6, 6.07) is 8.41. The van der Waals surface area contributed by atoms with Crippen LogP contribution in [0.3, 0.4) is 0 Å². The van der Waals surface area contributed by atoms with E-state index in [4.69, 9.17) is 23.2 Å². The van der Waals surface area contributed by atoms with Crippen LogP contribution in [0.1, 0.15) is 41.6 Å². The first-order chi connectivity index (χ1) is 16.5. The fourth-order valence-corrected chi connectivity index (χ4v) is 4.21. The molecule has 0 saturated carbocycles. The van der Waals surface area contributed by atoms with Crippen molar-refractivity contribution in [1.82, 2.24) is 20.1 Å². The minimum Gasteiger partial charge on any atom is -0.342 e. The molecule has 2 N–H and O–H groups in total. The quantitative estimate of drug-likeness (QED) is 0.347. The number of aromatic nitrogens is 3. The van der Waals surface area contributed by atoms with E-state index >= 15 is 0 Å². The van der Waals surface area contributed by atoms with Crippen molar-refractivity contribution in [1.29, 1.82) is 0 Å². The number of halogens is 5. The minimum atomic E-state index is -4.50. The monoisotopic (exact) mass is 545 g/mol. The van der Waals surface area contributed by atoms with Gasteiger partial charge in [0.2, 0.25) is 5.91 Å². The van der Waals surface area contributed by atoms with Crippen molar-refractivity contribution in [3.63, 3.8) is 0 Å². The summed E-state index contributed by atoms with van der Waals surface area (Å²) in [4.78, 5) is 24.9. The SMILES string of the molecule is CCn1c(SCC(=O)Nc2cccc(C(F)(F)F)c2)nnc1[C@@H](C)NC(=O)c1ccc(Cl)c(Cl)c1. The maximum absolute atomic E-state index is 12.9. The fraction of sp³-hybridized carbons (Fsp3) is 0.273. The molecule has 0 aliphatic heterocycles. The van der Waals surface area contributed by atoms with Gasteiger partial charge in [0.1, 0.15) is 0 Å². The van der Waals surface area contributed by atoms with Gasteiger partial charge in [0.05, 0.1) is 27.4 Å². The van der Waals surface area contributed by atoms with Gasteiger partial charge in [-0.3, -0.25) is 9.59 Å². The summed E-state index contributed by atoms with van der Waals surface area (Å²) in [5, 5.41) is 14.5. The highest BCUT2D eigenvalue weighted by atomic mass is 35.5. The van der Waals surface area contributed by atoms with Crippen molar-refractivity contribution < 1.29 is 22.8 Å². The second-order valence-corrected chi connectivity index (χ2v) is 9.08.